The van der Waals surface area contributed by atoms with Crippen molar-refractivity contribution < 1.29 is 0 Å². The van der Waals surface area contributed by atoms with Crippen LogP contribution in [0.5, 0.6) is 0 Å². The van der Waals surface area contributed by atoms with Crippen LogP contribution in [0.2, 0.25) is 0 Å². The van der Waals surface area contributed by atoms with E-state index in [0.717, 1.165) is 57.6 Å². The molecule has 2 saturated heterocycles. The van der Waals surface area contributed by atoms with Gasteiger partial charge < -0.3 is 25.3 Å². The van der Waals surface area contributed by atoms with Crippen LogP contribution in [0, 0.1) is 0 Å². The molecular weight excluding hydrogens is 362 g/mol. The quantitative estimate of drug-likeness (QED) is 0.560. The van der Waals surface area contributed by atoms with Crippen LogP contribution in [0.1, 0.15) is 39.2 Å². The Morgan fingerprint density at radius 3 is 2.55 bits per heavy atom. The topological polar surface area (TPSA) is 59.0 Å². The molecule has 0 saturated carbocycles. The van der Waals surface area contributed by atoms with Gasteiger partial charge in [-0.2, -0.15) is 0 Å². The average molecular weight is 402 g/mol. The molecule has 3 rings (SSSR count). The fourth-order valence-electron chi connectivity index (χ4n) is 4.01. The van der Waals surface area contributed by atoms with Crippen molar-refractivity contribution in [2.75, 3.05) is 57.8 Å². The van der Waals surface area contributed by atoms with Crippen LogP contribution in [0.3, 0.4) is 0 Å². The third kappa shape index (κ3) is 6.57. The van der Waals surface area contributed by atoms with E-state index in [1.54, 1.807) is 0 Å². The van der Waals surface area contributed by atoms with E-state index in [1.807, 2.05) is 6.20 Å². The van der Waals surface area contributed by atoms with Gasteiger partial charge in [0.05, 0.1) is 6.54 Å². The van der Waals surface area contributed by atoms with Crippen LogP contribution in [-0.4, -0.2) is 85.7 Å². The lowest BCUT2D eigenvalue weighted by Crippen LogP contribution is -2.49. The summed E-state index contributed by atoms with van der Waals surface area (Å²) >= 11 is 0. The Morgan fingerprint density at radius 1 is 1.17 bits per heavy atom. The maximum Gasteiger partial charge on any atom is 0.191 e. The van der Waals surface area contributed by atoms with Gasteiger partial charge in [0.15, 0.2) is 5.96 Å². The number of pyridine rings is 1. The van der Waals surface area contributed by atoms with Crippen LogP contribution >= 0.6 is 0 Å². The third-order valence-electron chi connectivity index (χ3n) is 6.00. The molecule has 7 heteroatoms. The smallest absolute Gasteiger partial charge is 0.191 e. The molecule has 0 amide bonds. The minimum absolute atomic E-state index is 0.501. The molecule has 0 atom stereocenters. The number of likely N-dealkylation sites (tertiary alicyclic amines) is 1. The minimum atomic E-state index is 0.501. The van der Waals surface area contributed by atoms with E-state index in [4.69, 9.17) is 4.99 Å². The first-order valence-electron chi connectivity index (χ1n) is 11.2. The maximum absolute atomic E-state index is 4.86. The van der Waals surface area contributed by atoms with E-state index in [9.17, 15) is 0 Å². The molecule has 2 fully saturated rings. The van der Waals surface area contributed by atoms with Gasteiger partial charge in [-0.1, -0.05) is 0 Å². The number of anilines is 1. The molecule has 162 valence electrons. The first-order chi connectivity index (χ1) is 14.0. The molecule has 2 aliphatic heterocycles. The zero-order valence-electron chi connectivity index (χ0n) is 18.7. The van der Waals surface area contributed by atoms with Gasteiger partial charge in [-0.25, -0.2) is 9.98 Å². The summed E-state index contributed by atoms with van der Waals surface area (Å²) in [7, 11) is 2.18. The number of hydrogen-bond acceptors (Lipinski definition) is 5. The molecule has 0 spiro atoms. The maximum atomic E-state index is 4.86. The highest BCUT2D eigenvalue weighted by Gasteiger charge is 2.21. The molecule has 0 radical (unpaired) electrons. The number of piperidine rings is 1. The lowest BCUT2D eigenvalue weighted by atomic mass is 10.0. The molecule has 2 aliphatic rings. The first-order valence-corrected chi connectivity index (χ1v) is 11.2. The molecule has 1 aromatic heterocycles. The van der Waals surface area contributed by atoms with Crippen molar-refractivity contribution in [2.45, 2.75) is 52.2 Å². The molecule has 0 aliphatic carbocycles. The van der Waals surface area contributed by atoms with Gasteiger partial charge in [-0.05, 0) is 58.4 Å². The Hall–Kier alpha value is -1.86. The Labute approximate surface area is 176 Å². The highest BCUT2D eigenvalue weighted by atomic mass is 15.3. The summed E-state index contributed by atoms with van der Waals surface area (Å²) in [5.41, 5.74) is 1.21. The summed E-state index contributed by atoms with van der Waals surface area (Å²) < 4.78 is 0. The van der Waals surface area contributed by atoms with Crippen molar-refractivity contribution in [2.24, 2.45) is 4.99 Å². The van der Waals surface area contributed by atoms with Gasteiger partial charge in [0.2, 0.25) is 0 Å². The van der Waals surface area contributed by atoms with Crippen molar-refractivity contribution in [3.8, 4) is 0 Å². The zero-order valence-corrected chi connectivity index (χ0v) is 18.7. The number of aliphatic imine (C=N–C) groups is 1. The summed E-state index contributed by atoms with van der Waals surface area (Å²) in [4.78, 5) is 16.7. The fraction of sp³-hybridized carbons (Fsp3) is 0.727. The van der Waals surface area contributed by atoms with E-state index in [2.05, 4.69) is 70.3 Å². The Bertz CT molecular complexity index is 644. The molecule has 7 nitrogen and oxygen atoms in total. The third-order valence-corrected chi connectivity index (χ3v) is 6.00. The van der Waals surface area contributed by atoms with Gasteiger partial charge in [-0.3, -0.25) is 0 Å². The Balaban J connectivity index is 1.56. The van der Waals surface area contributed by atoms with Crippen LogP contribution in [-0.2, 0) is 6.54 Å². The van der Waals surface area contributed by atoms with Gasteiger partial charge in [0.1, 0.15) is 5.82 Å². The number of piperazine rings is 1. The summed E-state index contributed by atoms with van der Waals surface area (Å²) in [6, 6.07) is 5.41. The van der Waals surface area contributed by atoms with Gasteiger partial charge in [-0.15, -0.1) is 0 Å². The second kappa shape index (κ2) is 10.8. The van der Waals surface area contributed by atoms with Gasteiger partial charge >= 0.3 is 0 Å². The first kappa shape index (κ1) is 21.8. The second-order valence-electron chi connectivity index (χ2n) is 8.56. The number of aromatic nitrogens is 1. The molecule has 0 bridgehead atoms. The summed E-state index contributed by atoms with van der Waals surface area (Å²) in [5, 5.41) is 7.06. The minimum Gasteiger partial charge on any atom is -0.357 e. The monoisotopic (exact) mass is 401 g/mol. The molecule has 1 aromatic rings. The normalized spacial score (nSPS) is 20.3. The number of rotatable bonds is 6. The number of nitrogens with zero attached hydrogens (tertiary/aromatic N) is 5. The van der Waals surface area contributed by atoms with Crippen LogP contribution in [0.4, 0.5) is 5.82 Å². The summed E-state index contributed by atoms with van der Waals surface area (Å²) in [6.45, 7) is 14.8. The summed E-state index contributed by atoms with van der Waals surface area (Å²) in [6.07, 6.45) is 4.26. The summed E-state index contributed by atoms with van der Waals surface area (Å²) in [5.74, 6) is 2.00. The zero-order chi connectivity index (χ0) is 20.6. The van der Waals surface area contributed by atoms with Crippen molar-refractivity contribution in [3.63, 3.8) is 0 Å². The largest absolute Gasteiger partial charge is 0.357 e. The van der Waals surface area contributed by atoms with E-state index in [0.29, 0.717) is 18.6 Å². The SMILES string of the molecule is CCNC(=NCc1ccnc(N2CCN(C)CC2)c1)NC1CCN(C(C)C)CC1. The molecular formula is C22H39N7. The molecule has 3 heterocycles. The number of hydrogen-bond donors (Lipinski definition) is 2. The highest BCUT2D eigenvalue weighted by Crippen LogP contribution is 2.16. The fourth-order valence-corrected chi connectivity index (χ4v) is 4.01. The predicted molar refractivity (Wildman–Crippen MR) is 122 cm³/mol. The van der Waals surface area contributed by atoms with Gasteiger partial charge in [0, 0.05) is 64.1 Å². The van der Waals surface area contributed by atoms with E-state index < -0.39 is 0 Å². The van der Waals surface area contributed by atoms with Crippen LogP contribution in [0.25, 0.3) is 0 Å². The van der Waals surface area contributed by atoms with E-state index in [-0.39, 0.29) is 0 Å². The van der Waals surface area contributed by atoms with E-state index in [1.165, 1.54) is 18.4 Å². The lowest BCUT2D eigenvalue weighted by Gasteiger charge is -2.35. The van der Waals surface area contributed by atoms with E-state index >= 15 is 0 Å². The number of nitrogens with one attached hydrogen (secondary N) is 2. The molecule has 0 unspecified atom stereocenters. The van der Waals surface area contributed by atoms with Gasteiger partial charge in [0.25, 0.3) is 0 Å². The number of likely N-dealkylation sites (N-methyl/N-ethyl adjacent to an activating group) is 1. The average Bonchev–Trinajstić information content (AvgIpc) is 2.73. The Morgan fingerprint density at radius 2 is 1.90 bits per heavy atom. The Kier molecular flexibility index (Phi) is 8.12. The standard InChI is InChI=1S/C22H39N7/c1-5-23-22(26-20-7-10-28(11-8-20)18(2)3)25-17-19-6-9-24-21(16-19)29-14-12-27(4)13-15-29/h6,9,16,18,20H,5,7-8,10-15,17H2,1-4H3,(H2,23,25,26). The van der Waals surface area contributed by atoms with Crippen molar-refractivity contribution in [1.82, 2.24) is 25.4 Å². The van der Waals surface area contributed by atoms with Crippen molar-refractivity contribution >= 4 is 11.8 Å². The van der Waals surface area contributed by atoms with Crippen LogP contribution in [0.15, 0.2) is 23.3 Å². The predicted octanol–water partition coefficient (Wildman–Crippen LogP) is 1.76. The molecule has 29 heavy (non-hydrogen) atoms. The van der Waals surface area contributed by atoms with Crippen LogP contribution < -0.4 is 15.5 Å². The molecule has 0 aromatic carbocycles. The lowest BCUT2D eigenvalue weighted by molar-refractivity contribution is 0.167. The van der Waals surface area contributed by atoms with Crippen molar-refractivity contribution in [1.29, 1.82) is 0 Å². The van der Waals surface area contributed by atoms with Crippen molar-refractivity contribution in [3.05, 3.63) is 23.9 Å². The second-order valence-corrected chi connectivity index (χ2v) is 8.56. The number of guanidine groups is 1. The molecule has 2 N–H and O–H groups in total. The highest BCUT2D eigenvalue weighted by molar-refractivity contribution is 5.80.